The first-order valence-corrected chi connectivity index (χ1v) is 20.6. The number of phenolic OH excluding ortho intramolecular Hbond substituents is 1. The van der Waals surface area contributed by atoms with E-state index in [9.17, 15) is 29.4 Å². The maximum Gasteiger partial charge on any atom is 0.246 e. The van der Waals surface area contributed by atoms with Crippen LogP contribution in [0.2, 0.25) is 0 Å². The van der Waals surface area contributed by atoms with Crippen molar-refractivity contribution in [3.8, 4) is 27.4 Å². The number of phenols is 1. The molecular weight excluding hydrogens is 757 g/mol. The van der Waals surface area contributed by atoms with Gasteiger partial charge in [0.25, 0.3) is 0 Å². The minimum atomic E-state index is -0.923. The number of nitrogens with one attached hydrogen (secondary N) is 3. The fraction of sp³-hybridized carbons (Fsp3) is 0.419. The summed E-state index contributed by atoms with van der Waals surface area (Å²) in [6.07, 6.45) is 2.57. The van der Waals surface area contributed by atoms with Crippen LogP contribution >= 0.6 is 11.3 Å². The molecule has 3 aromatic heterocycles. The minimum Gasteiger partial charge on any atom is -0.507 e. The number of H-pyrrole nitrogens is 1. The van der Waals surface area contributed by atoms with E-state index in [-0.39, 0.29) is 55.3 Å². The number of aromatic hydroxyl groups is 1. The summed E-state index contributed by atoms with van der Waals surface area (Å²) in [4.78, 5) is 65.4. The number of nitrogens with zero attached hydrogens (tertiary/aromatic N) is 5. The molecule has 14 nitrogen and oxygen atoms in total. The Hall–Kier alpha value is -5.67. The maximum atomic E-state index is 14.0. The molecular formula is C43H50N8O6S. The van der Waals surface area contributed by atoms with Gasteiger partial charge in [0, 0.05) is 68.5 Å². The van der Waals surface area contributed by atoms with Gasteiger partial charge in [0.05, 0.1) is 27.9 Å². The number of hydrogen-bond donors (Lipinski definition) is 5. The first-order valence-electron chi connectivity index (χ1n) is 19.7. The number of carbonyl (C=O) groups is 4. The van der Waals surface area contributed by atoms with E-state index >= 15 is 0 Å². The number of aryl methyl sites for hydroxylation is 1. The van der Waals surface area contributed by atoms with Gasteiger partial charge in [-0.05, 0) is 60.1 Å². The predicted octanol–water partition coefficient (Wildman–Crippen LogP) is 5.06. The van der Waals surface area contributed by atoms with E-state index in [0.717, 1.165) is 32.6 Å². The fourth-order valence-electron chi connectivity index (χ4n) is 7.71. The number of aliphatic hydroxyl groups excluding tert-OH is 1. The van der Waals surface area contributed by atoms with Gasteiger partial charge in [0.1, 0.15) is 17.8 Å². The number of likely N-dealkylation sites (tertiary alicyclic amines) is 2. The highest BCUT2D eigenvalue weighted by Crippen LogP contribution is 2.35. The van der Waals surface area contributed by atoms with Crippen molar-refractivity contribution in [2.75, 3.05) is 19.6 Å². The summed E-state index contributed by atoms with van der Waals surface area (Å²) >= 11 is 1.57. The van der Waals surface area contributed by atoms with Gasteiger partial charge in [0.2, 0.25) is 23.6 Å². The number of unbranched alkanes of at least 4 members (excludes halogenated alkanes) is 1. The lowest BCUT2D eigenvalue weighted by Crippen LogP contribution is -2.57. The molecule has 5 N–H and O–H groups in total. The zero-order chi connectivity index (χ0) is 41.1. The number of benzene rings is 2. The van der Waals surface area contributed by atoms with E-state index in [1.165, 1.54) is 4.90 Å². The Morgan fingerprint density at radius 3 is 2.45 bits per heavy atom. The quantitative estimate of drug-likeness (QED) is 0.101. The van der Waals surface area contributed by atoms with Crippen molar-refractivity contribution in [2.24, 2.45) is 5.41 Å². The lowest BCUT2D eigenvalue weighted by Gasteiger charge is -2.39. The predicted molar refractivity (Wildman–Crippen MR) is 220 cm³/mol. The number of fused-ring (bicyclic) bond motifs is 1. The standard InChI is InChI=1S/C43H50N8O6S/c1-25-38(58-24-46-25)27-15-13-26(14-16-27)19-45-41(56)34-17-29(52)23-51(34)42(57)39(43(2,3)4)47-36(54)11-7-8-12-37(55)50-21-28(22-50)32-20-44-40-31(32)18-33(48-49-40)30-9-5-6-10-35(30)53/h5-6,9-10,13-16,18,20,24,28-29,34,39,52-53H,7-8,11-12,17,19,21-23H2,1-4H3,(H,44,49)(H,45,56)(H,47,54)/t29-,34+,39-/m1/s1. The van der Waals surface area contributed by atoms with Crippen LogP contribution in [0.4, 0.5) is 0 Å². The van der Waals surface area contributed by atoms with Crippen molar-refractivity contribution in [3.63, 3.8) is 0 Å². The summed E-state index contributed by atoms with van der Waals surface area (Å²) in [5, 5.41) is 36.2. The first-order chi connectivity index (χ1) is 27.8. The van der Waals surface area contributed by atoms with Crippen LogP contribution in [-0.4, -0.2) is 102 Å². The monoisotopic (exact) mass is 806 g/mol. The van der Waals surface area contributed by atoms with E-state index in [4.69, 9.17) is 0 Å². The third-order valence-corrected chi connectivity index (χ3v) is 12.1. The number of rotatable bonds is 13. The molecule has 0 aliphatic carbocycles. The van der Waals surface area contributed by atoms with Gasteiger partial charge in [-0.15, -0.1) is 21.5 Å². The maximum absolute atomic E-state index is 14.0. The topological polar surface area (TPSA) is 194 Å². The van der Waals surface area contributed by atoms with Crippen molar-refractivity contribution >= 4 is 46.0 Å². The van der Waals surface area contributed by atoms with E-state index in [0.29, 0.717) is 49.3 Å². The average molecular weight is 807 g/mol. The van der Waals surface area contributed by atoms with E-state index < -0.39 is 29.5 Å². The Kier molecular flexibility index (Phi) is 11.9. The molecule has 2 saturated heterocycles. The summed E-state index contributed by atoms with van der Waals surface area (Å²) in [6, 6.07) is 15.0. The Balaban J connectivity index is 0.869. The second-order valence-electron chi connectivity index (χ2n) is 16.4. The highest BCUT2D eigenvalue weighted by atomic mass is 32.1. The Morgan fingerprint density at radius 2 is 1.74 bits per heavy atom. The highest BCUT2D eigenvalue weighted by Gasteiger charge is 2.44. The summed E-state index contributed by atoms with van der Waals surface area (Å²) in [5.74, 6) is -0.805. The molecule has 0 unspecified atom stereocenters. The lowest BCUT2D eigenvalue weighted by atomic mass is 9.85. The molecule has 15 heteroatoms. The summed E-state index contributed by atoms with van der Waals surface area (Å²) in [7, 11) is 0. The Labute approximate surface area is 341 Å². The minimum absolute atomic E-state index is 0.00454. The normalized spacial score (nSPS) is 17.6. The summed E-state index contributed by atoms with van der Waals surface area (Å²) in [6.45, 7) is 8.92. The molecule has 7 rings (SSSR count). The number of aromatic amines is 1. The van der Waals surface area contributed by atoms with E-state index in [1.54, 1.807) is 29.5 Å². The molecule has 0 radical (unpaired) electrons. The van der Waals surface area contributed by atoms with Crippen molar-refractivity contribution in [1.29, 1.82) is 0 Å². The van der Waals surface area contributed by atoms with Gasteiger partial charge >= 0.3 is 0 Å². The molecule has 2 aliphatic rings. The number of aromatic nitrogens is 4. The number of thiazole rings is 1. The molecule has 58 heavy (non-hydrogen) atoms. The largest absolute Gasteiger partial charge is 0.507 e. The fourth-order valence-corrected chi connectivity index (χ4v) is 8.53. The van der Waals surface area contributed by atoms with E-state index in [2.05, 4.69) is 30.8 Å². The zero-order valence-corrected chi connectivity index (χ0v) is 34.0. The number of aliphatic hydroxyl groups is 1. The second kappa shape index (κ2) is 17.0. The molecule has 5 heterocycles. The summed E-state index contributed by atoms with van der Waals surface area (Å²) in [5.41, 5.74) is 6.91. The third-order valence-electron chi connectivity index (χ3n) is 11.1. The van der Waals surface area contributed by atoms with Crippen molar-refractivity contribution in [2.45, 2.75) is 90.4 Å². The van der Waals surface area contributed by atoms with Crippen molar-refractivity contribution in [3.05, 3.63) is 83.1 Å². The number of amides is 4. The van der Waals surface area contributed by atoms with Crippen LogP contribution in [0.1, 0.15) is 75.6 Å². The van der Waals surface area contributed by atoms with Crippen molar-refractivity contribution in [1.82, 2.24) is 40.6 Å². The smallest absolute Gasteiger partial charge is 0.246 e. The molecule has 2 aliphatic heterocycles. The molecule has 0 bridgehead atoms. The number of carbonyl (C=O) groups excluding carboxylic acids is 4. The van der Waals surface area contributed by atoms with Crippen LogP contribution in [0.5, 0.6) is 5.75 Å². The molecule has 0 spiro atoms. The molecule has 2 aromatic carbocycles. The van der Waals surface area contributed by atoms with Gasteiger partial charge in [-0.3, -0.25) is 19.2 Å². The summed E-state index contributed by atoms with van der Waals surface area (Å²) < 4.78 is 0. The zero-order valence-electron chi connectivity index (χ0n) is 33.2. The molecule has 3 atom stereocenters. The molecule has 5 aromatic rings. The van der Waals surface area contributed by atoms with Crippen LogP contribution in [-0.2, 0) is 25.7 Å². The molecule has 4 amide bonds. The van der Waals surface area contributed by atoms with Gasteiger partial charge in [-0.1, -0.05) is 57.2 Å². The van der Waals surface area contributed by atoms with E-state index in [1.807, 2.05) is 80.7 Å². The number of β-amino-alcohol motifs (C(OH)–C–C–N with tert-alkyl or cyclic N) is 1. The van der Waals surface area contributed by atoms with Gasteiger partial charge in [-0.25, -0.2) is 4.98 Å². The Bertz CT molecular complexity index is 2290. The van der Waals surface area contributed by atoms with Gasteiger partial charge in [0.15, 0.2) is 5.65 Å². The van der Waals surface area contributed by atoms with Crippen LogP contribution in [0.25, 0.3) is 32.7 Å². The van der Waals surface area contributed by atoms with Gasteiger partial charge < -0.3 is 35.6 Å². The molecule has 0 saturated carbocycles. The Morgan fingerprint density at radius 1 is 1.00 bits per heavy atom. The first kappa shape index (κ1) is 40.5. The van der Waals surface area contributed by atoms with Gasteiger partial charge in [-0.2, -0.15) is 0 Å². The van der Waals surface area contributed by atoms with Crippen LogP contribution in [0.15, 0.2) is 66.3 Å². The number of hydrogen-bond acceptors (Lipinski definition) is 10. The van der Waals surface area contributed by atoms with Crippen LogP contribution in [0.3, 0.4) is 0 Å². The highest BCUT2D eigenvalue weighted by molar-refractivity contribution is 7.13. The number of para-hydroxylation sites is 1. The third kappa shape index (κ3) is 8.90. The molecule has 2 fully saturated rings. The van der Waals surface area contributed by atoms with Crippen LogP contribution < -0.4 is 10.6 Å². The SMILES string of the molecule is Cc1ncsc1-c1ccc(CNC(=O)[C@@H]2C[C@@H](O)CN2C(=O)[C@@H](NC(=O)CCCCC(=O)N2CC(c3c[nH]c4nnc(-c5ccccc5O)cc34)C2)C(C)(C)C)cc1. The van der Waals surface area contributed by atoms with Crippen LogP contribution in [0, 0.1) is 12.3 Å². The second-order valence-corrected chi connectivity index (χ2v) is 17.3. The lowest BCUT2D eigenvalue weighted by molar-refractivity contribution is -0.144. The average Bonchev–Trinajstić information content (AvgIpc) is 3.92. The molecule has 304 valence electrons. The van der Waals surface area contributed by atoms with Crippen molar-refractivity contribution < 1.29 is 29.4 Å².